The summed E-state index contributed by atoms with van der Waals surface area (Å²) in [5.41, 5.74) is 5.57. The maximum atomic E-state index is 12.2. The largest absolute Gasteiger partial charge is 0.486 e. The van der Waals surface area contributed by atoms with Gasteiger partial charge in [0.1, 0.15) is 13.2 Å². The van der Waals surface area contributed by atoms with Crippen LogP contribution in [-0.4, -0.2) is 41.9 Å². The number of carbonyl (C=O) groups excluding carboxylic acids is 1. The van der Waals surface area contributed by atoms with Crippen molar-refractivity contribution >= 4 is 28.4 Å². The number of hydrogen-bond acceptors (Lipinski definition) is 5. The van der Waals surface area contributed by atoms with Gasteiger partial charge >= 0.3 is 6.09 Å². The fraction of sp³-hybridized carbons (Fsp3) is 0.348. The van der Waals surface area contributed by atoms with Gasteiger partial charge in [0.25, 0.3) is 0 Å². The number of nitrogens with zero attached hydrogens (tertiary/aromatic N) is 2. The van der Waals surface area contributed by atoms with Crippen LogP contribution in [0.15, 0.2) is 36.4 Å². The van der Waals surface area contributed by atoms with Gasteiger partial charge in [-0.1, -0.05) is 0 Å². The third-order valence-electron chi connectivity index (χ3n) is 5.76. The lowest BCUT2D eigenvalue weighted by Crippen LogP contribution is -2.36. The van der Waals surface area contributed by atoms with Gasteiger partial charge < -0.3 is 29.0 Å². The van der Waals surface area contributed by atoms with Gasteiger partial charge in [0.2, 0.25) is 0 Å². The minimum Gasteiger partial charge on any atom is -0.486 e. The lowest BCUT2D eigenvalue weighted by atomic mass is 10.0. The Kier molecular flexibility index (Phi) is 4.65. The van der Waals surface area contributed by atoms with E-state index < -0.39 is 0 Å². The number of amides is 1. The van der Waals surface area contributed by atoms with E-state index in [0.717, 1.165) is 34.7 Å². The molecule has 0 bridgehead atoms. The van der Waals surface area contributed by atoms with E-state index in [1.165, 1.54) is 16.8 Å². The second-order valence-corrected chi connectivity index (χ2v) is 7.57. The molecule has 1 N–H and O–H groups in total. The predicted molar refractivity (Wildman–Crippen MR) is 115 cm³/mol. The van der Waals surface area contributed by atoms with E-state index in [1.807, 2.05) is 25.1 Å². The van der Waals surface area contributed by atoms with Crippen LogP contribution < -0.4 is 14.8 Å². The van der Waals surface area contributed by atoms with Gasteiger partial charge in [-0.15, -0.1) is 0 Å². The molecule has 30 heavy (non-hydrogen) atoms. The van der Waals surface area contributed by atoms with Gasteiger partial charge in [0.05, 0.1) is 13.2 Å². The van der Waals surface area contributed by atoms with Crippen LogP contribution in [0.25, 0.3) is 10.9 Å². The number of carbonyl (C=O) groups is 1. The summed E-state index contributed by atoms with van der Waals surface area (Å²) in [6.45, 7) is 4.62. The minimum absolute atomic E-state index is 0.245. The van der Waals surface area contributed by atoms with Crippen LogP contribution in [0.5, 0.6) is 11.5 Å². The number of benzene rings is 2. The zero-order valence-corrected chi connectivity index (χ0v) is 17.2. The molecule has 2 aromatic carbocycles. The van der Waals surface area contributed by atoms with Crippen LogP contribution in [0, 0.1) is 0 Å². The summed E-state index contributed by atoms with van der Waals surface area (Å²) in [5.74, 6) is 1.54. The van der Waals surface area contributed by atoms with E-state index in [-0.39, 0.29) is 6.09 Å². The van der Waals surface area contributed by atoms with Crippen molar-refractivity contribution in [1.29, 1.82) is 0 Å². The average Bonchev–Trinajstić information content (AvgIpc) is 3.05. The highest BCUT2D eigenvalue weighted by Crippen LogP contribution is 2.36. The fourth-order valence-electron chi connectivity index (χ4n) is 4.32. The molecule has 0 spiro atoms. The monoisotopic (exact) mass is 407 g/mol. The molecule has 7 heteroatoms. The summed E-state index contributed by atoms with van der Waals surface area (Å²) in [4.78, 5) is 14.0. The molecule has 2 aliphatic heterocycles. The molecule has 5 rings (SSSR count). The molecule has 7 nitrogen and oxygen atoms in total. The van der Waals surface area contributed by atoms with Crippen LogP contribution in [0.1, 0.15) is 18.2 Å². The van der Waals surface area contributed by atoms with Crippen LogP contribution in [0.2, 0.25) is 0 Å². The van der Waals surface area contributed by atoms with Gasteiger partial charge in [-0.25, -0.2) is 4.79 Å². The molecule has 0 saturated heterocycles. The number of anilines is 2. The maximum Gasteiger partial charge on any atom is 0.410 e. The Labute approximate surface area is 175 Å². The normalized spacial score (nSPS) is 15.1. The topological polar surface area (TPSA) is 65.0 Å². The summed E-state index contributed by atoms with van der Waals surface area (Å²) in [7, 11) is 2.09. The second-order valence-electron chi connectivity index (χ2n) is 7.57. The van der Waals surface area contributed by atoms with Crippen molar-refractivity contribution in [3.05, 3.63) is 47.7 Å². The smallest absolute Gasteiger partial charge is 0.410 e. The predicted octanol–water partition coefficient (Wildman–Crippen LogP) is 4.21. The number of hydrogen-bond donors (Lipinski definition) is 1. The molecule has 1 aromatic heterocycles. The number of rotatable bonds is 3. The SMILES string of the molecule is CCOC(=O)N1CCc2c(c3cc(Nc4ccc5c(c4)OCCO5)ccc3n2C)C1. The highest BCUT2D eigenvalue weighted by Gasteiger charge is 2.26. The van der Waals surface area contributed by atoms with E-state index in [9.17, 15) is 4.79 Å². The van der Waals surface area contributed by atoms with Gasteiger partial charge in [0.15, 0.2) is 11.5 Å². The average molecular weight is 407 g/mol. The van der Waals surface area contributed by atoms with Crippen LogP contribution >= 0.6 is 0 Å². The molecule has 156 valence electrons. The Morgan fingerprint density at radius 1 is 1.10 bits per heavy atom. The van der Waals surface area contributed by atoms with E-state index in [2.05, 4.69) is 35.1 Å². The van der Waals surface area contributed by atoms with Crippen molar-refractivity contribution < 1.29 is 19.0 Å². The molecule has 0 atom stereocenters. The number of aromatic nitrogens is 1. The molecular weight excluding hydrogens is 382 g/mol. The molecule has 0 unspecified atom stereocenters. The maximum absolute atomic E-state index is 12.2. The molecule has 3 heterocycles. The summed E-state index contributed by atoms with van der Waals surface area (Å²) in [6, 6.07) is 12.2. The van der Waals surface area contributed by atoms with E-state index >= 15 is 0 Å². The zero-order chi connectivity index (χ0) is 20.7. The zero-order valence-electron chi connectivity index (χ0n) is 17.2. The van der Waals surface area contributed by atoms with Crippen molar-refractivity contribution in [3.8, 4) is 11.5 Å². The minimum atomic E-state index is -0.245. The molecule has 2 aliphatic rings. The van der Waals surface area contributed by atoms with Gasteiger partial charge in [-0.05, 0) is 37.3 Å². The Balaban J connectivity index is 1.46. The molecule has 0 fully saturated rings. The van der Waals surface area contributed by atoms with Crippen LogP contribution in [0.3, 0.4) is 0 Å². The highest BCUT2D eigenvalue weighted by atomic mass is 16.6. The molecule has 1 amide bonds. The Bertz CT molecular complexity index is 1120. The summed E-state index contributed by atoms with van der Waals surface area (Å²) in [6.07, 6.45) is 0.579. The number of aryl methyl sites for hydroxylation is 1. The van der Waals surface area contributed by atoms with Gasteiger partial charge in [0, 0.05) is 59.6 Å². The number of nitrogens with one attached hydrogen (secondary N) is 1. The van der Waals surface area contributed by atoms with E-state index in [1.54, 1.807) is 4.90 Å². The first-order valence-electron chi connectivity index (χ1n) is 10.3. The first kappa shape index (κ1) is 18.7. The lowest BCUT2D eigenvalue weighted by Gasteiger charge is -2.27. The summed E-state index contributed by atoms with van der Waals surface area (Å²) < 4.78 is 18.7. The first-order chi connectivity index (χ1) is 14.6. The standard InChI is InChI=1S/C23H25N3O4/c1-3-28-23(27)26-9-8-20-18(14-26)17-12-15(4-6-19(17)25(20)2)24-16-5-7-21-22(13-16)30-11-10-29-21/h4-7,12-13,24H,3,8-11,14H2,1-2H3. The molecule has 0 saturated carbocycles. The van der Waals surface area contributed by atoms with Crippen molar-refractivity contribution in [1.82, 2.24) is 9.47 Å². The van der Waals surface area contributed by atoms with E-state index in [4.69, 9.17) is 14.2 Å². The van der Waals surface area contributed by atoms with Crippen molar-refractivity contribution in [2.75, 3.05) is 31.7 Å². The summed E-state index contributed by atoms with van der Waals surface area (Å²) >= 11 is 0. The van der Waals surface area contributed by atoms with Crippen LogP contribution in [-0.2, 0) is 24.8 Å². The third-order valence-corrected chi connectivity index (χ3v) is 5.76. The van der Waals surface area contributed by atoms with Gasteiger partial charge in [-0.2, -0.15) is 0 Å². The Hall–Kier alpha value is -3.35. The molecule has 0 radical (unpaired) electrons. The summed E-state index contributed by atoms with van der Waals surface area (Å²) in [5, 5.41) is 4.62. The van der Waals surface area contributed by atoms with Crippen molar-refractivity contribution in [3.63, 3.8) is 0 Å². The second kappa shape index (κ2) is 7.48. The van der Waals surface area contributed by atoms with Crippen LogP contribution in [0.4, 0.5) is 16.2 Å². The highest BCUT2D eigenvalue weighted by molar-refractivity contribution is 5.90. The molecule has 0 aliphatic carbocycles. The molecular formula is C23H25N3O4. The quantitative estimate of drug-likeness (QED) is 0.705. The third kappa shape index (κ3) is 3.20. The first-order valence-corrected chi connectivity index (χ1v) is 10.3. The number of fused-ring (bicyclic) bond motifs is 4. The Morgan fingerprint density at radius 3 is 2.70 bits per heavy atom. The molecule has 3 aromatic rings. The lowest BCUT2D eigenvalue weighted by molar-refractivity contribution is 0.102. The Morgan fingerprint density at radius 2 is 1.87 bits per heavy atom. The number of ether oxygens (including phenoxy) is 3. The fourth-order valence-corrected chi connectivity index (χ4v) is 4.32. The van der Waals surface area contributed by atoms with Gasteiger partial charge in [-0.3, -0.25) is 0 Å². The van der Waals surface area contributed by atoms with Crippen molar-refractivity contribution in [2.24, 2.45) is 7.05 Å². The van der Waals surface area contributed by atoms with Crippen molar-refractivity contribution in [2.45, 2.75) is 19.9 Å². The van der Waals surface area contributed by atoms with E-state index in [0.29, 0.717) is 32.9 Å².